The van der Waals surface area contributed by atoms with Crippen LogP contribution >= 0.6 is 0 Å². The minimum absolute atomic E-state index is 0.0422. The quantitative estimate of drug-likeness (QED) is 0.818. The van der Waals surface area contributed by atoms with Gasteiger partial charge in [0.15, 0.2) is 0 Å². The minimum atomic E-state index is 0.0422. The van der Waals surface area contributed by atoms with Crippen molar-refractivity contribution in [1.82, 2.24) is 9.88 Å². The lowest BCUT2D eigenvalue weighted by Crippen LogP contribution is -2.33. The molecule has 2 fully saturated rings. The van der Waals surface area contributed by atoms with Gasteiger partial charge < -0.3 is 20.1 Å². The molecule has 2 aliphatic rings. The van der Waals surface area contributed by atoms with Gasteiger partial charge in [0, 0.05) is 44.1 Å². The fourth-order valence-corrected chi connectivity index (χ4v) is 3.51. The number of ether oxygens (including phenoxy) is 2. The average Bonchev–Trinajstić information content (AvgIpc) is 3.10. The summed E-state index contributed by atoms with van der Waals surface area (Å²) >= 11 is 0. The Labute approximate surface area is 130 Å². The minimum Gasteiger partial charge on any atom is -0.475 e. The lowest BCUT2D eigenvalue weighted by molar-refractivity contribution is 0.0778. The number of nitrogens with zero attached hydrogens (tertiary/aromatic N) is 2. The number of hydrogen-bond donors (Lipinski definition) is 1. The maximum atomic E-state index is 12.6. The summed E-state index contributed by atoms with van der Waals surface area (Å²) < 4.78 is 10.4. The van der Waals surface area contributed by atoms with E-state index < -0.39 is 0 Å². The van der Waals surface area contributed by atoms with Gasteiger partial charge in [0.25, 0.3) is 5.91 Å². The van der Waals surface area contributed by atoms with Gasteiger partial charge in [0.05, 0.1) is 6.61 Å². The van der Waals surface area contributed by atoms with Crippen LogP contribution in [0.2, 0.25) is 0 Å². The molecular weight excluding hydrogens is 282 g/mol. The number of aromatic nitrogens is 1. The van der Waals surface area contributed by atoms with E-state index >= 15 is 0 Å². The van der Waals surface area contributed by atoms with Crippen molar-refractivity contribution in [2.45, 2.75) is 18.9 Å². The van der Waals surface area contributed by atoms with Crippen LogP contribution in [0.15, 0.2) is 18.3 Å². The first kappa shape index (κ1) is 15.2. The molecule has 120 valence electrons. The molecule has 2 heterocycles. The second-order valence-electron chi connectivity index (χ2n) is 6.10. The van der Waals surface area contributed by atoms with Crippen molar-refractivity contribution >= 4 is 5.91 Å². The first-order chi connectivity index (χ1) is 10.7. The Morgan fingerprint density at radius 2 is 2.27 bits per heavy atom. The van der Waals surface area contributed by atoms with E-state index in [0.717, 1.165) is 25.9 Å². The summed E-state index contributed by atoms with van der Waals surface area (Å²) in [6.07, 6.45) is 3.83. The first-order valence-corrected chi connectivity index (χ1v) is 7.81. The molecule has 0 aromatic carbocycles. The van der Waals surface area contributed by atoms with E-state index in [9.17, 15) is 4.79 Å². The molecule has 0 bridgehead atoms. The lowest BCUT2D eigenvalue weighted by Gasteiger charge is -2.19. The van der Waals surface area contributed by atoms with Crippen molar-refractivity contribution in [3.8, 4) is 5.88 Å². The summed E-state index contributed by atoms with van der Waals surface area (Å²) in [7, 11) is 1.62. The van der Waals surface area contributed by atoms with Crippen molar-refractivity contribution < 1.29 is 14.3 Å². The fraction of sp³-hybridized carbons (Fsp3) is 0.625. The molecule has 3 unspecified atom stereocenters. The number of methoxy groups -OCH3 is 1. The Morgan fingerprint density at radius 3 is 3.05 bits per heavy atom. The summed E-state index contributed by atoms with van der Waals surface area (Å²) in [4.78, 5) is 18.7. The number of carbonyl (C=O) groups excluding carboxylic acids is 1. The molecule has 1 aromatic heterocycles. The largest absolute Gasteiger partial charge is 0.475 e. The van der Waals surface area contributed by atoms with Gasteiger partial charge in [-0.25, -0.2) is 4.98 Å². The molecule has 1 saturated carbocycles. The molecule has 3 rings (SSSR count). The monoisotopic (exact) mass is 305 g/mol. The van der Waals surface area contributed by atoms with Gasteiger partial charge in [-0.15, -0.1) is 0 Å². The normalized spacial score (nSPS) is 27.0. The van der Waals surface area contributed by atoms with E-state index in [1.54, 1.807) is 25.4 Å². The molecule has 6 nitrogen and oxygen atoms in total. The van der Waals surface area contributed by atoms with Crippen LogP contribution in [0.3, 0.4) is 0 Å². The van der Waals surface area contributed by atoms with E-state index in [2.05, 4.69) is 4.98 Å². The number of carbonyl (C=O) groups is 1. The number of rotatable bonds is 5. The summed E-state index contributed by atoms with van der Waals surface area (Å²) in [6, 6.07) is 3.68. The van der Waals surface area contributed by atoms with Crippen LogP contribution in [0.25, 0.3) is 0 Å². The van der Waals surface area contributed by atoms with E-state index in [1.165, 1.54) is 0 Å². The van der Waals surface area contributed by atoms with Crippen molar-refractivity contribution in [3.63, 3.8) is 0 Å². The predicted octanol–water partition coefficient (Wildman–Crippen LogP) is 0.916. The third-order valence-corrected chi connectivity index (χ3v) is 4.72. The second-order valence-corrected chi connectivity index (χ2v) is 6.10. The first-order valence-electron chi connectivity index (χ1n) is 7.81. The van der Waals surface area contributed by atoms with Crippen molar-refractivity contribution in [3.05, 3.63) is 23.9 Å². The lowest BCUT2D eigenvalue weighted by atomic mass is 9.98. The molecule has 22 heavy (non-hydrogen) atoms. The Kier molecular flexibility index (Phi) is 4.59. The summed E-state index contributed by atoms with van der Waals surface area (Å²) in [5.41, 5.74) is 6.75. The van der Waals surface area contributed by atoms with Crippen LogP contribution in [-0.4, -0.2) is 55.2 Å². The number of nitrogens with two attached hydrogens (primary N) is 1. The van der Waals surface area contributed by atoms with Gasteiger partial charge in [-0.05, 0) is 30.7 Å². The Hall–Kier alpha value is -1.66. The third-order valence-electron chi connectivity index (χ3n) is 4.72. The maximum absolute atomic E-state index is 12.6. The summed E-state index contributed by atoms with van der Waals surface area (Å²) in [5.74, 6) is 1.53. The predicted molar refractivity (Wildman–Crippen MR) is 81.7 cm³/mol. The zero-order valence-electron chi connectivity index (χ0n) is 12.9. The van der Waals surface area contributed by atoms with Crippen molar-refractivity contribution in [1.29, 1.82) is 0 Å². The molecule has 1 aromatic rings. The molecular formula is C16H23N3O3. The Morgan fingerprint density at radius 1 is 1.41 bits per heavy atom. The van der Waals surface area contributed by atoms with Crippen LogP contribution < -0.4 is 10.5 Å². The highest BCUT2D eigenvalue weighted by atomic mass is 16.5. The van der Waals surface area contributed by atoms with Crippen molar-refractivity contribution in [2.75, 3.05) is 33.4 Å². The maximum Gasteiger partial charge on any atom is 0.254 e. The zero-order chi connectivity index (χ0) is 15.5. The standard InChI is InChI=1S/C16H23N3O3/c1-21-6-7-22-15-8-11(4-5-18-15)16(20)19-9-12-2-3-14(17)13(12)10-19/h4-5,8,12-14H,2-3,6-7,9-10,17H2,1H3. The van der Waals surface area contributed by atoms with Gasteiger partial charge in [-0.1, -0.05) is 0 Å². The number of amides is 1. The van der Waals surface area contributed by atoms with E-state index in [-0.39, 0.29) is 11.9 Å². The number of hydrogen-bond acceptors (Lipinski definition) is 5. The van der Waals surface area contributed by atoms with Gasteiger partial charge in [-0.2, -0.15) is 0 Å². The number of fused-ring (bicyclic) bond motifs is 1. The van der Waals surface area contributed by atoms with Crippen LogP contribution in [-0.2, 0) is 4.74 Å². The molecule has 1 amide bonds. The molecule has 0 radical (unpaired) electrons. The molecule has 1 aliphatic heterocycles. The van der Waals surface area contributed by atoms with E-state index in [4.69, 9.17) is 15.2 Å². The van der Waals surface area contributed by atoms with Crippen LogP contribution in [0.1, 0.15) is 23.2 Å². The molecule has 0 spiro atoms. The smallest absolute Gasteiger partial charge is 0.254 e. The highest BCUT2D eigenvalue weighted by Crippen LogP contribution is 2.37. The van der Waals surface area contributed by atoms with E-state index in [0.29, 0.717) is 36.5 Å². The highest BCUT2D eigenvalue weighted by molar-refractivity contribution is 5.94. The van der Waals surface area contributed by atoms with Crippen LogP contribution in [0, 0.1) is 11.8 Å². The summed E-state index contributed by atoms with van der Waals surface area (Å²) in [6.45, 7) is 2.50. The second kappa shape index (κ2) is 6.62. The molecule has 3 atom stereocenters. The number of likely N-dealkylation sites (tertiary alicyclic amines) is 1. The zero-order valence-corrected chi connectivity index (χ0v) is 12.9. The van der Waals surface area contributed by atoms with Crippen molar-refractivity contribution in [2.24, 2.45) is 17.6 Å². The Bertz CT molecular complexity index is 537. The molecule has 6 heteroatoms. The number of pyridine rings is 1. The molecule has 1 aliphatic carbocycles. The van der Waals surface area contributed by atoms with Gasteiger partial charge in [0.1, 0.15) is 6.61 Å². The van der Waals surface area contributed by atoms with Gasteiger partial charge in [-0.3, -0.25) is 4.79 Å². The van der Waals surface area contributed by atoms with Gasteiger partial charge >= 0.3 is 0 Å². The fourth-order valence-electron chi connectivity index (χ4n) is 3.51. The third kappa shape index (κ3) is 3.08. The van der Waals surface area contributed by atoms with Crippen LogP contribution in [0.5, 0.6) is 5.88 Å². The van der Waals surface area contributed by atoms with E-state index in [1.807, 2.05) is 4.90 Å². The topological polar surface area (TPSA) is 77.7 Å². The van der Waals surface area contributed by atoms with Gasteiger partial charge in [0.2, 0.25) is 5.88 Å². The molecule has 2 N–H and O–H groups in total. The average molecular weight is 305 g/mol. The van der Waals surface area contributed by atoms with Crippen LogP contribution in [0.4, 0.5) is 0 Å². The highest BCUT2D eigenvalue weighted by Gasteiger charge is 2.42. The SMILES string of the molecule is COCCOc1cc(C(=O)N2CC3CCC(N)C3C2)ccn1. The summed E-state index contributed by atoms with van der Waals surface area (Å²) in [5, 5.41) is 0. The Balaban J connectivity index is 1.64. The molecule has 1 saturated heterocycles.